The third-order valence-corrected chi connectivity index (χ3v) is 5.03. The van der Waals surface area contributed by atoms with Crippen LogP contribution in [0.25, 0.3) is 0 Å². The van der Waals surface area contributed by atoms with Crippen molar-refractivity contribution < 1.29 is 0 Å². The molecule has 0 amide bonds. The molecule has 3 heterocycles. The molecule has 4 heteroatoms. The molecule has 3 aliphatic heterocycles. The van der Waals surface area contributed by atoms with E-state index in [-0.39, 0.29) is 0 Å². The van der Waals surface area contributed by atoms with Gasteiger partial charge in [-0.15, -0.1) is 0 Å². The third-order valence-electron chi connectivity index (χ3n) is 5.03. The summed E-state index contributed by atoms with van der Waals surface area (Å²) >= 11 is 0. The average molecular weight is 308 g/mol. The van der Waals surface area contributed by atoms with Crippen LogP contribution >= 0.6 is 0 Å². The van der Waals surface area contributed by atoms with Gasteiger partial charge in [0.15, 0.2) is 0 Å². The van der Waals surface area contributed by atoms with Gasteiger partial charge >= 0.3 is 0 Å². The van der Waals surface area contributed by atoms with Gasteiger partial charge in [-0.3, -0.25) is 4.99 Å². The number of likely N-dealkylation sites (N-methyl/N-ethyl adjacent to an activating group) is 1. The first kappa shape index (κ1) is 14.5. The minimum atomic E-state index is 0.842. The molecule has 0 saturated heterocycles. The SMILES string of the molecule is C=C1C2=C(CCN(C)C2)N2CCN=C2N1Cc1ccc(C)cc1. The summed E-state index contributed by atoms with van der Waals surface area (Å²) in [4.78, 5) is 11.9. The normalized spacial score (nSPS) is 21.5. The monoisotopic (exact) mass is 308 g/mol. The van der Waals surface area contributed by atoms with Crippen LogP contribution in [0.3, 0.4) is 0 Å². The van der Waals surface area contributed by atoms with Crippen molar-refractivity contribution in [1.82, 2.24) is 14.7 Å². The molecule has 0 N–H and O–H groups in total. The first-order chi connectivity index (χ1) is 11.1. The molecule has 1 aromatic carbocycles. The molecule has 0 fully saturated rings. The molecule has 4 rings (SSSR count). The lowest BCUT2D eigenvalue weighted by molar-refractivity contribution is 0.294. The Morgan fingerprint density at radius 2 is 1.96 bits per heavy atom. The second-order valence-electron chi connectivity index (χ2n) is 6.76. The van der Waals surface area contributed by atoms with E-state index in [1.54, 1.807) is 0 Å². The van der Waals surface area contributed by atoms with Crippen LogP contribution < -0.4 is 0 Å². The lowest BCUT2D eigenvalue weighted by Crippen LogP contribution is -2.49. The molecule has 120 valence electrons. The van der Waals surface area contributed by atoms with Gasteiger partial charge in [-0.25, -0.2) is 0 Å². The molecule has 0 aliphatic carbocycles. The maximum atomic E-state index is 4.77. The van der Waals surface area contributed by atoms with E-state index in [4.69, 9.17) is 4.99 Å². The Labute approximate surface area is 138 Å². The molecular formula is C19H24N4. The summed E-state index contributed by atoms with van der Waals surface area (Å²) in [5.41, 5.74) is 6.57. The van der Waals surface area contributed by atoms with Gasteiger partial charge in [0.1, 0.15) is 0 Å². The van der Waals surface area contributed by atoms with E-state index in [0.717, 1.165) is 50.8 Å². The van der Waals surface area contributed by atoms with Crippen LogP contribution in [0.2, 0.25) is 0 Å². The van der Waals surface area contributed by atoms with Crippen LogP contribution in [0.4, 0.5) is 0 Å². The highest BCUT2D eigenvalue weighted by molar-refractivity contribution is 5.88. The summed E-state index contributed by atoms with van der Waals surface area (Å²) in [5, 5.41) is 0. The lowest BCUT2D eigenvalue weighted by atomic mass is 9.99. The van der Waals surface area contributed by atoms with Crippen molar-refractivity contribution in [2.24, 2.45) is 4.99 Å². The number of aryl methyl sites for hydroxylation is 1. The molecular weight excluding hydrogens is 284 g/mol. The van der Waals surface area contributed by atoms with E-state index in [0.29, 0.717) is 0 Å². The maximum absolute atomic E-state index is 4.77. The standard InChI is InChI=1S/C19H24N4/c1-14-4-6-16(7-5-14)12-23-15(2)17-13-21(3)10-8-18(17)22-11-9-20-19(22)23/h4-7H,2,8-13H2,1,3H3. The molecule has 0 saturated carbocycles. The van der Waals surface area contributed by atoms with Crippen molar-refractivity contribution in [1.29, 1.82) is 0 Å². The Bertz CT molecular complexity index is 699. The number of nitrogens with zero attached hydrogens (tertiary/aromatic N) is 4. The number of benzene rings is 1. The average Bonchev–Trinajstić information content (AvgIpc) is 3.02. The summed E-state index contributed by atoms with van der Waals surface area (Å²) in [6.45, 7) is 11.4. The molecule has 4 nitrogen and oxygen atoms in total. The Morgan fingerprint density at radius 1 is 1.17 bits per heavy atom. The fourth-order valence-corrected chi connectivity index (χ4v) is 3.69. The first-order valence-corrected chi connectivity index (χ1v) is 8.38. The van der Waals surface area contributed by atoms with Gasteiger partial charge in [0, 0.05) is 43.0 Å². The molecule has 23 heavy (non-hydrogen) atoms. The van der Waals surface area contributed by atoms with Crippen LogP contribution in [0, 0.1) is 6.92 Å². The van der Waals surface area contributed by atoms with E-state index in [2.05, 4.69) is 59.5 Å². The largest absolute Gasteiger partial charge is 0.314 e. The van der Waals surface area contributed by atoms with E-state index < -0.39 is 0 Å². The predicted octanol–water partition coefficient (Wildman–Crippen LogP) is 2.59. The molecule has 0 aromatic heterocycles. The van der Waals surface area contributed by atoms with E-state index in [1.807, 2.05) is 0 Å². The fourth-order valence-electron chi connectivity index (χ4n) is 3.69. The Morgan fingerprint density at radius 3 is 2.74 bits per heavy atom. The van der Waals surface area contributed by atoms with Gasteiger partial charge in [-0.2, -0.15) is 0 Å². The van der Waals surface area contributed by atoms with E-state index in [9.17, 15) is 0 Å². The minimum absolute atomic E-state index is 0.842. The van der Waals surface area contributed by atoms with Crippen LogP contribution in [-0.4, -0.2) is 53.9 Å². The van der Waals surface area contributed by atoms with Gasteiger partial charge in [-0.05, 0) is 19.5 Å². The van der Waals surface area contributed by atoms with Crippen LogP contribution in [0.15, 0.2) is 52.8 Å². The van der Waals surface area contributed by atoms with Gasteiger partial charge in [0.05, 0.1) is 13.1 Å². The maximum Gasteiger partial charge on any atom is 0.205 e. The van der Waals surface area contributed by atoms with Crippen molar-refractivity contribution in [2.75, 3.05) is 33.2 Å². The van der Waals surface area contributed by atoms with Crippen LogP contribution in [0.1, 0.15) is 17.5 Å². The zero-order chi connectivity index (χ0) is 16.0. The molecule has 0 radical (unpaired) electrons. The zero-order valence-corrected chi connectivity index (χ0v) is 14.0. The van der Waals surface area contributed by atoms with Crippen molar-refractivity contribution in [3.05, 3.63) is 58.9 Å². The molecule has 1 aromatic rings. The van der Waals surface area contributed by atoms with Crippen molar-refractivity contribution >= 4 is 5.96 Å². The molecule has 0 atom stereocenters. The van der Waals surface area contributed by atoms with E-state index >= 15 is 0 Å². The zero-order valence-electron chi connectivity index (χ0n) is 14.0. The smallest absolute Gasteiger partial charge is 0.205 e. The highest BCUT2D eigenvalue weighted by atomic mass is 15.4. The highest BCUT2D eigenvalue weighted by Gasteiger charge is 2.37. The highest BCUT2D eigenvalue weighted by Crippen LogP contribution is 2.35. The number of hydrogen-bond donors (Lipinski definition) is 0. The number of hydrogen-bond acceptors (Lipinski definition) is 4. The Hall–Kier alpha value is -2.07. The molecule has 0 spiro atoms. The quantitative estimate of drug-likeness (QED) is 0.838. The Balaban J connectivity index is 1.68. The topological polar surface area (TPSA) is 22.1 Å². The van der Waals surface area contributed by atoms with Crippen LogP contribution in [-0.2, 0) is 6.54 Å². The third kappa shape index (κ3) is 2.47. The van der Waals surface area contributed by atoms with Gasteiger partial charge in [0.25, 0.3) is 0 Å². The summed E-state index contributed by atoms with van der Waals surface area (Å²) in [5.74, 6) is 1.10. The first-order valence-electron chi connectivity index (χ1n) is 8.38. The fraction of sp³-hybridized carbons (Fsp3) is 0.421. The second-order valence-corrected chi connectivity index (χ2v) is 6.76. The van der Waals surface area contributed by atoms with Gasteiger partial charge in [-0.1, -0.05) is 36.4 Å². The number of rotatable bonds is 2. The number of guanidine groups is 1. The van der Waals surface area contributed by atoms with Crippen molar-refractivity contribution in [3.63, 3.8) is 0 Å². The summed E-state index contributed by atoms with van der Waals surface area (Å²) in [6, 6.07) is 8.77. The molecule has 0 unspecified atom stereocenters. The van der Waals surface area contributed by atoms with Crippen molar-refractivity contribution in [2.45, 2.75) is 19.9 Å². The summed E-state index contributed by atoms with van der Waals surface area (Å²) in [7, 11) is 2.19. The number of fused-ring (bicyclic) bond motifs is 2. The Kier molecular flexibility index (Phi) is 3.49. The van der Waals surface area contributed by atoms with Gasteiger partial charge < -0.3 is 14.7 Å². The molecule has 0 bridgehead atoms. The number of aliphatic imine (C=N–C) groups is 1. The van der Waals surface area contributed by atoms with Crippen molar-refractivity contribution in [3.8, 4) is 0 Å². The van der Waals surface area contributed by atoms with E-state index in [1.165, 1.54) is 22.4 Å². The molecule has 3 aliphatic rings. The predicted molar refractivity (Wildman–Crippen MR) is 94.0 cm³/mol. The minimum Gasteiger partial charge on any atom is -0.314 e. The van der Waals surface area contributed by atoms with Crippen LogP contribution in [0.5, 0.6) is 0 Å². The lowest BCUT2D eigenvalue weighted by Gasteiger charge is -2.44. The van der Waals surface area contributed by atoms with Gasteiger partial charge in [0.2, 0.25) is 5.96 Å². The summed E-state index contributed by atoms with van der Waals surface area (Å²) in [6.07, 6.45) is 1.10. The second kappa shape index (κ2) is 5.53. The summed E-state index contributed by atoms with van der Waals surface area (Å²) < 4.78 is 0.